The Labute approximate surface area is 90.3 Å². The minimum atomic E-state index is -0.0119. The first-order valence-electron chi connectivity index (χ1n) is 5.48. The molecule has 2 rings (SSSR count). The lowest BCUT2D eigenvalue weighted by Crippen LogP contribution is -2.08. The minimum Gasteiger partial charge on any atom is -0.465 e. The number of carbonyl (C=O) groups excluding carboxylic acids is 1. The van der Waals surface area contributed by atoms with Crippen LogP contribution >= 0.6 is 0 Å². The summed E-state index contributed by atoms with van der Waals surface area (Å²) in [5.74, 6) is 0.119. The summed E-state index contributed by atoms with van der Waals surface area (Å²) < 4.78 is 4.93. The molecular weight excluding hydrogens is 188 g/mol. The third-order valence-electron chi connectivity index (χ3n) is 2.95. The fourth-order valence-electron chi connectivity index (χ4n) is 1.90. The number of esters is 1. The fraction of sp³-hybridized carbons (Fsp3) is 0.462. The van der Waals surface area contributed by atoms with Crippen LogP contribution in [0.1, 0.15) is 24.0 Å². The third-order valence-corrected chi connectivity index (χ3v) is 2.95. The zero-order chi connectivity index (χ0) is 10.7. The van der Waals surface area contributed by atoms with E-state index in [9.17, 15) is 4.79 Å². The summed E-state index contributed by atoms with van der Waals surface area (Å²) in [7, 11) is 0. The lowest BCUT2D eigenvalue weighted by molar-refractivity contribution is -0.141. The molecule has 1 fully saturated rings. The van der Waals surface area contributed by atoms with Gasteiger partial charge in [0.1, 0.15) is 0 Å². The maximum absolute atomic E-state index is 11.2. The first-order chi connectivity index (χ1) is 7.25. The molecule has 1 aliphatic heterocycles. The van der Waals surface area contributed by atoms with E-state index in [1.165, 1.54) is 11.1 Å². The van der Waals surface area contributed by atoms with Crippen molar-refractivity contribution in [2.45, 2.75) is 26.2 Å². The first kappa shape index (κ1) is 10.2. The van der Waals surface area contributed by atoms with Gasteiger partial charge in [0, 0.05) is 0 Å². The van der Waals surface area contributed by atoms with Crippen LogP contribution in [-0.2, 0) is 16.0 Å². The topological polar surface area (TPSA) is 26.3 Å². The zero-order valence-electron chi connectivity index (χ0n) is 9.03. The normalized spacial score (nSPS) is 20.3. The highest BCUT2D eigenvalue weighted by atomic mass is 16.5. The van der Waals surface area contributed by atoms with Gasteiger partial charge in [0.25, 0.3) is 0 Å². The van der Waals surface area contributed by atoms with Crippen molar-refractivity contribution in [1.82, 2.24) is 0 Å². The molecule has 0 amide bonds. The Balaban J connectivity index is 1.87. The molecule has 1 saturated heterocycles. The molecule has 1 aromatic rings. The number of rotatable bonds is 3. The van der Waals surface area contributed by atoms with Crippen LogP contribution in [0.5, 0.6) is 0 Å². The Morgan fingerprint density at radius 3 is 2.67 bits per heavy atom. The van der Waals surface area contributed by atoms with E-state index in [0.29, 0.717) is 6.61 Å². The molecule has 15 heavy (non-hydrogen) atoms. The number of benzene rings is 1. The number of aryl methyl sites for hydroxylation is 2. The molecule has 0 aromatic heterocycles. The van der Waals surface area contributed by atoms with Gasteiger partial charge in [-0.1, -0.05) is 29.8 Å². The molecule has 80 valence electrons. The monoisotopic (exact) mass is 204 g/mol. The van der Waals surface area contributed by atoms with Gasteiger partial charge in [0.05, 0.1) is 12.5 Å². The second kappa shape index (κ2) is 4.47. The predicted octanol–water partition coefficient (Wildman–Crippen LogP) is 2.49. The van der Waals surface area contributed by atoms with Gasteiger partial charge in [-0.05, 0) is 31.7 Å². The van der Waals surface area contributed by atoms with Crippen LogP contribution in [0.2, 0.25) is 0 Å². The molecule has 1 heterocycles. The second-order valence-electron chi connectivity index (χ2n) is 4.18. The van der Waals surface area contributed by atoms with Crippen molar-refractivity contribution in [3.8, 4) is 0 Å². The molecule has 0 saturated carbocycles. The van der Waals surface area contributed by atoms with Crippen molar-refractivity contribution >= 4 is 5.97 Å². The zero-order valence-corrected chi connectivity index (χ0v) is 9.03. The van der Waals surface area contributed by atoms with Crippen molar-refractivity contribution in [1.29, 1.82) is 0 Å². The number of carbonyl (C=O) groups is 1. The van der Waals surface area contributed by atoms with E-state index in [1.807, 2.05) is 0 Å². The molecule has 0 aliphatic carbocycles. The maximum Gasteiger partial charge on any atom is 0.309 e. The summed E-state index contributed by atoms with van der Waals surface area (Å²) in [5.41, 5.74) is 2.58. The van der Waals surface area contributed by atoms with E-state index in [1.54, 1.807) is 0 Å². The van der Waals surface area contributed by atoms with Crippen LogP contribution in [-0.4, -0.2) is 12.6 Å². The average molecular weight is 204 g/mol. The summed E-state index contributed by atoms with van der Waals surface area (Å²) in [6.07, 6.45) is 2.78. The quantitative estimate of drug-likeness (QED) is 0.707. The largest absolute Gasteiger partial charge is 0.465 e. The summed E-state index contributed by atoms with van der Waals surface area (Å²) >= 11 is 0. The smallest absolute Gasteiger partial charge is 0.309 e. The van der Waals surface area contributed by atoms with E-state index in [0.717, 1.165) is 19.3 Å². The summed E-state index contributed by atoms with van der Waals surface area (Å²) in [6, 6.07) is 8.50. The first-order valence-corrected chi connectivity index (χ1v) is 5.48. The summed E-state index contributed by atoms with van der Waals surface area (Å²) in [5, 5.41) is 0. The number of hydrogen-bond acceptors (Lipinski definition) is 2. The molecule has 1 unspecified atom stereocenters. The predicted molar refractivity (Wildman–Crippen MR) is 58.6 cm³/mol. The Hall–Kier alpha value is -1.31. The van der Waals surface area contributed by atoms with Crippen LogP contribution in [0.25, 0.3) is 0 Å². The summed E-state index contributed by atoms with van der Waals surface area (Å²) in [4.78, 5) is 11.2. The average Bonchev–Trinajstić information content (AvgIpc) is 2.63. The molecule has 1 atom stereocenters. The Kier molecular flexibility index (Phi) is 3.05. The van der Waals surface area contributed by atoms with Crippen molar-refractivity contribution in [3.05, 3.63) is 35.4 Å². The van der Waals surface area contributed by atoms with Gasteiger partial charge in [0.2, 0.25) is 0 Å². The molecule has 1 aliphatic rings. The van der Waals surface area contributed by atoms with Gasteiger partial charge in [-0.15, -0.1) is 0 Å². The van der Waals surface area contributed by atoms with Crippen LogP contribution in [0, 0.1) is 12.8 Å². The lowest BCUT2D eigenvalue weighted by atomic mass is 9.98. The lowest BCUT2D eigenvalue weighted by Gasteiger charge is -2.05. The van der Waals surface area contributed by atoms with Crippen LogP contribution in [0.3, 0.4) is 0 Å². The number of hydrogen-bond donors (Lipinski definition) is 0. The highest BCUT2D eigenvalue weighted by Gasteiger charge is 2.25. The van der Waals surface area contributed by atoms with Gasteiger partial charge in [-0.2, -0.15) is 0 Å². The van der Waals surface area contributed by atoms with E-state index >= 15 is 0 Å². The van der Waals surface area contributed by atoms with E-state index < -0.39 is 0 Å². The van der Waals surface area contributed by atoms with E-state index in [2.05, 4.69) is 31.2 Å². The third kappa shape index (κ3) is 2.58. The standard InChI is InChI=1S/C13H16O2/c1-10-2-4-11(5-3-10)6-7-12-8-9-15-13(12)14/h2-5,12H,6-9H2,1H3. The van der Waals surface area contributed by atoms with Crippen molar-refractivity contribution in [2.75, 3.05) is 6.61 Å². The van der Waals surface area contributed by atoms with E-state index in [4.69, 9.17) is 4.74 Å². The van der Waals surface area contributed by atoms with Gasteiger partial charge in [0.15, 0.2) is 0 Å². The Bertz CT molecular complexity index is 340. The number of cyclic esters (lactones) is 1. The highest BCUT2D eigenvalue weighted by molar-refractivity contribution is 5.74. The molecule has 2 nitrogen and oxygen atoms in total. The highest BCUT2D eigenvalue weighted by Crippen LogP contribution is 2.20. The molecule has 0 spiro atoms. The van der Waals surface area contributed by atoms with Gasteiger partial charge < -0.3 is 4.74 Å². The van der Waals surface area contributed by atoms with Crippen LogP contribution < -0.4 is 0 Å². The number of ether oxygens (including phenoxy) is 1. The van der Waals surface area contributed by atoms with Gasteiger partial charge in [-0.25, -0.2) is 0 Å². The maximum atomic E-state index is 11.2. The van der Waals surface area contributed by atoms with Gasteiger partial charge >= 0.3 is 5.97 Å². The van der Waals surface area contributed by atoms with Crippen LogP contribution in [0.15, 0.2) is 24.3 Å². The molecule has 0 bridgehead atoms. The summed E-state index contributed by atoms with van der Waals surface area (Å²) in [6.45, 7) is 2.69. The molecule has 1 aromatic carbocycles. The fourth-order valence-corrected chi connectivity index (χ4v) is 1.90. The van der Waals surface area contributed by atoms with Crippen molar-refractivity contribution < 1.29 is 9.53 Å². The second-order valence-corrected chi connectivity index (χ2v) is 4.18. The van der Waals surface area contributed by atoms with Gasteiger partial charge in [-0.3, -0.25) is 4.79 Å². The van der Waals surface area contributed by atoms with E-state index in [-0.39, 0.29) is 11.9 Å². The SMILES string of the molecule is Cc1ccc(CCC2CCOC2=O)cc1. The van der Waals surface area contributed by atoms with Crippen LogP contribution in [0.4, 0.5) is 0 Å². The molecule has 0 N–H and O–H groups in total. The van der Waals surface area contributed by atoms with Crippen molar-refractivity contribution in [3.63, 3.8) is 0 Å². The molecule has 0 radical (unpaired) electrons. The molecular formula is C13H16O2. The molecule has 2 heteroatoms. The van der Waals surface area contributed by atoms with Crippen molar-refractivity contribution in [2.24, 2.45) is 5.92 Å². The Morgan fingerprint density at radius 2 is 2.07 bits per heavy atom. The Morgan fingerprint density at radius 1 is 1.33 bits per heavy atom. The minimum absolute atomic E-state index is 0.0119.